The molecule has 3 aromatic carbocycles. The highest BCUT2D eigenvalue weighted by molar-refractivity contribution is 7.52. The van der Waals surface area contributed by atoms with Crippen LogP contribution in [0, 0.1) is 0 Å². The van der Waals surface area contributed by atoms with Gasteiger partial charge in [-0.1, -0.05) is 60.7 Å². The lowest BCUT2D eigenvalue weighted by molar-refractivity contribution is -0.150. The van der Waals surface area contributed by atoms with E-state index in [2.05, 4.69) is 20.0 Å². The highest BCUT2D eigenvalue weighted by Gasteiger charge is 2.54. The number of hydrogen-bond donors (Lipinski definition) is 4. The smallest absolute Gasteiger partial charge is 0.459 e. The van der Waals surface area contributed by atoms with Crippen LogP contribution in [0.1, 0.15) is 31.2 Å². The minimum atomic E-state index is -4.41. The van der Waals surface area contributed by atoms with E-state index in [1.807, 2.05) is 48.5 Å². The first-order chi connectivity index (χ1) is 24.0. The summed E-state index contributed by atoms with van der Waals surface area (Å²) in [6, 6.07) is 19.4. The van der Waals surface area contributed by atoms with E-state index in [-0.39, 0.29) is 34.8 Å². The Morgan fingerprint density at radius 2 is 1.82 bits per heavy atom. The number of anilines is 1. The van der Waals surface area contributed by atoms with Crippen LogP contribution < -0.4 is 20.1 Å². The molecule has 7 rings (SSSR count). The van der Waals surface area contributed by atoms with Gasteiger partial charge in [0, 0.05) is 18.2 Å². The number of methoxy groups -OCH3 is 1. The standard InChI is InChI=1S/C34H37N6O9P/c1-19(31(42)47-23-15-21-10-4-5-11-22(21)16-23)39-50(44,49-25-14-8-12-20-9-6-7-13-24(20)25)46-17-26-28(41)34(2,43)32(48-26)40-18-36-27-29(40)37-33(35)38-30(27)45-3/h4-14,18-19,23,26,28,32,41,43H,15-17H2,1-3H3,(H,39,44)(H2,35,37,38). The maximum Gasteiger partial charge on any atom is 0.459 e. The minimum Gasteiger partial charge on any atom is -0.479 e. The predicted molar refractivity (Wildman–Crippen MR) is 181 cm³/mol. The van der Waals surface area contributed by atoms with Gasteiger partial charge >= 0.3 is 13.7 Å². The van der Waals surface area contributed by atoms with Gasteiger partial charge in [-0.25, -0.2) is 9.55 Å². The van der Waals surface area contributed by atoms with Crippen LogP contribution in [-0.4, -0.2) is 79.4 Å². The van der Waals surface area contributed by atoms with Crippen LogP contribution in [0.3, 0.4) is 0 Å². The highest BCUT2D eigenvalue weighted by Crippen LogP contribution is 2.48. The number of fused-ring (bicyclic) bond motifs is 3. The molecular formula is C34H37N6O9P. The molecule has 0 radical (unpaired) electrons. The topological polar surface area (TPSA) is 202 Å². The second kappa shape index (κ2) is 13.2. The van der Waals surface area contributed by atoms with Crippen molar-refractivity contribution in [2.45, 2.75) is 62.9 Å². The second-order valence-corrected chi connectivity index (χ2v) is 14.3. The van der Waals surface area contributed by atoms with Crippen molar-refractivity contribution in [3.8, 4) is 11.6 Å². The molecule has 5 aromatic rings. The lowest BCUT2D eigenvalue weighted by atomic mass is 9.96. The molecule has 50 heavy (non-hydrogen) atoms. The third-order valence-electron chi connectivity index (χ3n) is 8.99. The molecule has 0 amide bonds. The van der Waals surface area contributed by atoms with Crippen molar-refractivity contribution in [3.05, 3.63) is 84.2 Å². The van der Waals surface area contributed by atoms with Gasteiger partial charge in [-0.15, -0.1) is 0 Å². The predicted octanol–water partition coefficient (Wildman–Crippen LogP) is 3.47. The first-order valence-corrected chi connectivity index (χ1v) is 17.6. The first kappa shape index (κ1) is 33.8. The Labute approximate surface area is 286 Å². The zero-order valence-corrected chi connectivity index (χ0v) is 28.4. The Morgan fingerprint density at radius 1 is 1.12 bits per heavy atom. The average molecular weight is 705 g/mol. The van der Waals surface area contributed by atoms with Crippen LogP contribution in [0.15, 0.2) is 73.1 Å². The monoisotopic (exact) mass is 704 g/mol. The number of nitrogen functional groups attached to an aromatic ring is 1. The number of aliphatic hydroxyl groups excluding tert-OH is 1. The summed E-state index contributed by atoms with van der Waals surface area (Å²) in [5.41, 5.74) is 6.64. The fourth-order valence-electron chi connectivity index (χ4n) is 6.42. The van der Waals surface area contributed by atoms with Crippen molar-refractivity contribution in [2.75, 3.05) is 19.5 Å². The number of nitrogens with two attached hydrogens (primary N) is 1. The lowest BCUT2D eigenvalue weighted by Gasteiger charge is -2.27. The number of carbonyl (C=O) groups excluding carboxylic acids is 1. The molecule has 16 heteroatoms. The number of rotatable bonds is 11. The summed E-state index contributed by atoms with van der Waals surface area (Å²) >= 11 is 0. The van der Waals surface area contributed by atoms with Gasteiger partial charge in [0.25, 0.3) is 0 Å². The normalized spacial score (nSPS) is 23.8. The molecule has 2 aromatic heterocycles. The maximum absolute atomic E-state index is 14.6. The summed E-state index contributed by atoms with van der Waals surface area (Å²) in [4.78, 5) is 25.8. The van der Waals surface area contributed by atoms with Crippen LogP contribution in [0.4, 0.5) is 5.95 Å². The van der Waals surface area contributed by atoms with Crippen LogP contribution >= 0.6 is 7.75 Å². The van der Waals surface area contributed by atoms with Gasteiger partial charge in [-0.3, -0.25) is 13.9 Å². The molecule has 6 atom stereocenters. The van der Waals surface area contributed by atoms with Gasteiger partial charge < -0.3 is 34.7 Å². The molecule has 262 valence electrons. The van der Waals surface area contributed by atoms with Crippen molar-refractivity contribution in [1.82, 2.24) is 24.6 Å². The quantitative estimate of drug-likeness (QED) is 0.115. The third kappa shape index (κ3) is 6.39. The lowest BCUT2D eigenvalue weighted by Crippen LogP contribution is -2.44. The number of aliphatic hydroxyl groups is 2. The summed E-state index contributed by atoms with van der Waals surface area (Å²) in [6.07, 6.45) is -1.86. The molecule has 0 saturated carbocycles. The van der Waals surface area contributed by atoms with E-state index in [0.29, 0.717) is 18.2 Å². The molecule has 6 unspecified atom stereocenters. The number of carbonyl (C=O) groups is 1. The Hall–Kier alpha value is -4.63. The van der Waals surface area contributed by atoms with Gasteiger partial charge in [-0.05, 0) is 36.4 Å². The molecule has 0 bridgehead atoms. The number of aromatic nitrogens is 4. The van der Waals surface area contributed by atoms with Crippen molar-refractivity contribution >= 4 is 41.6 Å². The zero-order chi connectivity index (χ0) is 35.2. The van der Waals surface area contributed by atoms with Crippen molar-refractivity contribution in [3.63, 3.8) is 0 Å². The summed E-state index contributed by atoms with van der Waals surface area (Å²) in [5.74, 6) is -0.388. The summed E-state index contributed by atoms with van der Waals surface area (Å²) < 4.78 is 45.1. The average Bonchev–Trinajstić information content (AvgIpc) is 3.76. The third-order valence-corrected chi connectivity index (χ3v) is 10.6. The Bertz CT molecular complexity index is 2080. The molecule has 5 N–H and O–H groups in total. The number of nitrogens with zero attached hydrogens (tertiary/aromatic N) is 4. The van der Waals surface area contributed by atoms with Gasteiger partial charge in [0.2, 0.25) is 11.8 Å². The van der Waals surface area contributed by atoms with E-state index in [1.165, 1.54) is 31.9 Å². The van der Waals surface area contributed by atoms with E-state index in [4.69, 9.17) is 29.0 Å². The molecule has 3 heterocycles. The second-order valence-electron chi connectivity index (χ2n) is 12.6. The summed E-state index contributed by atoms with van der Waals surface area (Å²) in [6.45, 7) is 2.36. The van der Waals surface area contributed by atoms with E-state index in [1.54, 1.807) is 18.2 Å². The molecule has 0 spiro atoms. The number of hydrogen-bond acceptors (Lipinski definition) is 13. The summed E-state index contributed by atoms with van der Waals surface area (Å²) in [7, 11) is -3.01. The van der Waals surface area contributed by atoms with Gasteiger partial charge in [0.05, 0.1) is 20.0 Å². The minimum absolute atomic E-state index is 0.100. The number of ether oxygens (including phenoxy) is 3. The highest BCUT2D eigenvalue weighted by atomic mass is 31.2. The van der Waals surface area contributed by atoms with Crippen molar-refractivity contribution in [1.29, 1.82) is 0 Å². The molecular weight excluding hydrogens is 667 g/mol. The number of esters is 1. The van der Waals surface area contributed by atoms with E-state index >= 15 is 0 Å². The molecule has 1 aliphatic carbocycles. The molecule has 1 aliphatic heterocycles. The van der Waals surface area contributed by atoms with E-state index in [9.17, 15) is 19.6 Å². The van der Waals surface area contributed by atoms with Crippen LogP contribution in [0.5, 0.6) is 11.6 Å². The van der Waals surface area contributed by atoms with E-state index < -0.39 is 50.4 Å². The number of benzene rings is 3. The molecule has 1 fully saturated rings. The van der Waals surface area contributed by atoms with Crippen molar-refractivity contribution in [2.24, 2.45) is 0 Å². The van der Waals surface area contributed by atoms with Gasteiger partial charge in [0.15, 0.2) is 17.4 Å². The first-order valence-electron chi connectivity index (χ1n) is 16.0. The molecule has 15 nitrogen and oxygen atoms in total. The molecule has 2 aliphatic rings. The van der Waals surface area contributed by atoms with Crippen LogP contribution in [0.25, 0.3) is 21.9 Å². The molecule has 1 saturated heterocycles. The Balaban J connectivity index is 1.12. The van der Waals surface area contributed by atoms with Crippen molar-refractivity contribution < 1.29 is 42.8 Å². The largest absolute Gasteiger partial charge is 0.479 e. The van der Waals surface area contributed by atoms with Gasteiger partial charge in [-0.2, -0.15) is 15.1 Å². The SMILES string of the molecule is COc1nc(N)nc2c1ncn2C1OC(COP(=O)(NC(C)C(=O)OC2Cc3ccccc3C2)Oc2cccc3ccccc23)C(O)C1(C)O. The van der Waals surface area contributed by atoms with Crippen LogP contribution in [0.2, 0.25) is 0 Å². The Morgan fingerprint density at radius 3 is 2.56 bits per heavy atom. The maximum atomic E-state index is 14.6. The van der Waals surface area contributed by atoms with Crippen LogP contribution in [-0.2, 0) is 36.2 Å². The Kier molecular flexibility index (Phi) is 8.97. The summed E-state index contributed by atoms with van der Waals surface area (Å²) in [5, 5.41) is 26.9. The number of imidazole rings is 1. The number of nitrogens with one attached hydrogen (secondary N) is 1. The van der Waals surface area contributed by atoms with E-state index in [0.717, 1.165) is 16.5 Å². The zero-order valence-electron chi connectivity index (χ0n) is 27.5. The fraction of sp³-hybridized carbons (Fsp3) is 0.353. The van der Waals surface area contributed by atoms with Gasteiger partial charge in [0.1, 0.15) is 35.7 Å². The fourth-order valence-corrected chi connectivity index (χ4v) is 7.94.